The van der Waals surface area contributed by atoms with Crippen molar-refractivity contribution in [3.8, 4) is 0 Å². The first-order valence-corrected chi connectivity index (χ1v) is 8.26. The van der Waals surface area contributed by atoms with Crippen LogP contribution in [-0.2, 0) is 27.2 Å². The maximum atomic E-state index is 11.8. The first-order chi connectivity index (χ1) is 9.99. The van der Waals surface area contributed by atoms with Gasteiger partial charge in [0.05, 0.1) is 18.2 Å². The minimum absolute atomic E-state index is 0.00182. The number of aromatic nitrogens is 1. The van der Waals surface area contributed by atoms with Crippen LogP contribution in [0.25, 0.3) is 0 Å². The van der Waals surface area contributed by atoms with Gasteiger partial charge < -0.3 is 10.1 Å². The molecule has 0 saturated heterocycles. The third kappa shape index (κ3) is 4.27. The molecule has 0 bridgehead atoms. The highest BCUT2D eigenvalue weighted by atomic mass is 32.1. The Balaban J connectivity index is 1.99. The molecule has 1 amide bonds. The van der Waals surface area contributed by atoms with Crippen molar-refractivity contribution in [1.82, 2.24) is 4.98 Å². The smallest absolute Gasteiger partial charge is 0.309 e. The van der Waals surface area contributed by atoms with Crippen molar-refractivity contribution in [3.63, 3.8) is 0 Å². The zero-order valence-corrected chi connectivity index (χ0v) is 13.6. The molecule has 1 unspecified atom stereocenters. The molecule has 0 fully saturated rings. The van der Waals surface area contributed by atoms with Crippen LogP contribution in [0.1, 0.15) is 44.2 Å². The number of carbonyl (C=O) groups excluding carboxylic acids is 2. The number of fused-ring (bicyclic) bond motifs is 1. The van der Waals surface area contributed by atoms with E-state index >= 15 is 0 Å². The fraction of sp³-hybridized carbons (Fsp3) is 0.667. The molecule has 1 aliphatic carbocycles. The van der Waals surface area contributed by atoms with Crippen LogP contribution in [0, 0.1) is 11.8 Å². The van der Waals surface area contributed by atoms with Crippen molar-refractivity contribution in [2.45, 2.75) is 46.5 Å². The monoisotopic (exact) mass is 310 g/mol. The van der Waals surface area contributed by atoms with Crippen molar-refractivity contribution in [1.29, 1.82) is 0 Å². The largest absolute Gasteiger partial charge is 0.466 e. The molecule has 1 N–H and O–H groups in total. The van der Waals surface area contributed by atoms with E-state index < -0.39 is 0 Å². The van der Waals surface area contributed by atoms with Crippen LogP contribution < -0.4 is 5.32 Å². The molecule has 0 aliphatic heterocycles. The van der Waals surface area contributed by atoms with Crippen LogP contribution in [0.4, 0.5) is 5.13 Å². The molecular formula is C15H22N2O3S. The van der Waals surface area contributed by atoms with E-state index in [2.05, 4.69) is 10.3 Å². The predicted octanol–water partition coefficient (Wildman–Crippen LogP) is 2.80. The summed E-state index contributed by atoms with van der Waals surface area (Å²) in [6.07, 6.45) is 2.71. The summed E-state index contributed by atoms with van der Waals surface area (Å²) < 4.78 is 5.09. The Morgan fingerprint density at radius 1 is 1.48 bits per heavy atom. The van der Waals surface area contributed by atoms with Crippen molar-refractivity contribution >= 4 is 28.3 Å². The highest BCUT2D eigenvalue weighted by molar-refractivity contribution is 7.15. The maximum Gasteiger partial charge on any atom is 0.309 e. The summed E-state index contributed by atoms with van der Waals surface area (Å²) in [5, 5.41) is 3.50. The van der Waals surface area contributed by atoms with E-state index in [1.807, 2.05) is 20.8 Å². The molecule has 0 aromatic carbocycles. The summed E-state index contributed by atoms with van der Waals surface area (Å²) in [4.78, 5) is 29.1. The van der Waals surface area contributed by atoms with Crippen LogP contribution in [0.5, 0.6) is 0 Å². The van der Waals surface area contributed by atoms with Crippen molar-refractivity contribution in [3.05, 3.63) is 10.6 Å². The van der Waals surface area contributed by atoms with E-state index in [0.29, 0.717) is 30.5 Å². The maximum absolute atomic E-state index is 11.8. The molecule has 6 heteroatoms. The molecule has 5 nitrogen and oxygen atoms in total. The Bertz CT molecular complexity index is 525. The lowest BCUT2D eigenvalue weighted by Gasteiger charge is -2.18. The lowest BCUT2D eigenvalue weighted by Crippen LogP contribution is -2.24. The van der Waals surface area contributed by atoms with Gasteiger partial charge in [-0.05, 0) is 32.1 Å². The van der Waals surface area contributed by atoms with Crippen LogP contribution in [-0.4, -0.2) is 23.5 Å². The van der Waals surface area contributed by atoms with Gasteiger partial charge in [-0.25, -0.2) is 4.98 Å². The Kier molecular flexibility index (Phi) is 5.33. The fourth-order valence-electron chi connectivity index (χ4n) is 2.43. The summed E-state index contributed by atoms with van der Waals surface area (Å²) in [6.45, 7) is 6.26. The van der Waals surface area contributed by atoms with Crippen molar-refractivity contribution in [2.24, 2.45) is 11.8 Å². The molecule has 0 radical (unpaired) electrons. The van der Waals surface area contributed by atoms with Crippen LogP contribution in [0.15, 0.2) is 0 Å². The summed E-state index contributed by atoms with van der Waals surface area (Å²) in [6, 6.07) is 0. The van der Waals surface area contributed by atoms with Gasteiger partial charge in [-0.2, -0.15) is 0 Å². The topological polar surface area (TPSA) is 68.3 Å². The standard InChI is InChI=1S/C15H22N2O3S/c1-4-20-14(19)10-5-6-11-12(8-10)21-15(16-11)17-13(18)7-9(2)3/h9-10H,4-8H2,1-3H3,(H,16,17,18). The number of anilines is 1. The van der Waals surface area contributed by atoms with Crippen LogP contribution >= 0.6 is 11.3 Å². The van der Waals surface area contributed by atoms with Gasteiger partial charge in [0.2, 0.25) is 5.91 Å². The van der Waals surface area contributed by atoms with Crippen molar-refractivity contribution < 1.29 is 14.3 Å². The molecule has 21 heavy (non-hydrogen) atoms. The number of nitrogens with zero attached hydrogens (tertiary/aromatic N) is 1. The lowest BCUT2D eigenvalue weighted by atomic mass is 9.91. The minimum Gasteiger partial charge on any atom is -0.466 e. The zero-order valence-electron chi connectivity index (χ0n) is 12.8. The molecular weight excluding hydrogens is 288 g/mol. The van der Waals surface area contributed by atoms with Gasteiger partial charge in [-0.3, -0.25) is 9.59 Å². The number of aryl methyl sites for hydroxylation is 1. The molecule has 116 valence electrons. The molecule has 1 aromatic heterocycles. The van der Waals surface area contributed by atoms with Gasteiger partial charge in [-0.1, -0.05) is 13.8 Å². The number of esters is 1. The Labute approximate surface area is 129 Å². The fourth-order valence-corrected chi connectivity index (χ4v) is 3.53. The van der Waals surface area contributed by atoms with Gasteiger partial charge in [0.25, 0.3) is 0 Å². The van der Waals surface area contributed by atoms with E-state index in [1.54, 1.807) is 0 Å². The van der Waals surface area contributed by atoms with Crippen LogP contribution in [0.3, 0.4) is 0 Å². The molecule has 2 rings (SSSR count). The SMILES string of the molecule is CCOC(=O)C1CCc2nc(NC(=O)CC(C)C)sc2C1. The number of ether oxygens (including phenoxy) is 1. The van der Waals surface area contributed by atoms with Crippen LogP contribution in [0.2, 0.25) is 0 Å². The highest BCUT2D eigenvalue weighted by Gasteiger charge is 2.28. The molecule has 1 aromatic rings. The Morgan fingerprint density at radius 3 is 2.90 bits per heavy atom. The minimum atomic E-state index is -0.123. The normalized spacial score (nSPS) is 17.4. The number of nitrogens with one attached hydrogen (secondary N) is 1. The number of hydrogen-bond acceptors (Lipinski definition) is 5. The Morgan fingerprint density at radius 2 is 2.24 bits per heavy atom. The van der Waals surface area contributed by atoms with E-state index in [-0.39, 0.29) is 17.8 Å². The highest BCUT2D eigenvalue weighted by Crippen LogP contribution is 2.33. The average Bonchev–Trinajstić information content (AvgIpc) is 2.78. The summed E-state index contributed by atoms with van der Waals surface area (Å²) in [7, 11) is 0. The number of thiazole rings is 1. The van der Waals surface area contributed by atoms with Crippen molar-refractivity contribution in [2.75, 3.05) is 11.9 Å². The van der Waals surface area contributed by atoms with E-state index in [0.717, 1.165) is 23.4 Å². The number of rotatable bonds is 5. The quantitative estimate of drug-likeness (QED) is 0.849. The number of carbonyl (C=O) groups is 2. The Hall–Kier alpha value is -1.43. The van der Waals surface area contributed by atoms with Gasteiger partial charge in [0.1, 0.15) is 0 Å². The molecule has 0 saturated carbocycles. The van der Waals surface area contributed by atoms with Gasteiger partial charge in [-0.15, -0.1) is 11.3 Å². The van der Waals surface area contributed by atoms with Gasteiger partial charge >= 0.3 is 5.97 Å². The van der Waals surface area contributed by atoms with E-state index in [1.165, 1.54) is 11.3 Å². The average molecular weight is 310 g/mol. The van der Waals surface area contributed by atoms with E-state index in [4.69, 9.17) is 4.74 Å². The second-order valence-corrected chi connectivity index (χ2v) is 6.81. The van der Waals surface area contributed by atoms with E-state index in [9.17, 15) is 9.59 Å². The van der Waals surface area contributed by atoms with Gasteiger partial charge in [0.15, 0.2) is 5.13 Å². The molecule has 1 aliphatic rings. The molecule has 1 heterocycles. The second kappa shape index (κ2) is 7.02. The molecule has 1 atom stereocenters. The first kappa shape index (κ1) is 15.9. The first-order valence-electron chi connectivity index (χ1n) is 7.44. The summed E-state index contributed by atoms with van der Waals surface area (Å²) in [5.41, 5.74) is 1.01. The second-order valence-electron chi connectivity index (χ2n) is 5.73. The predicted molar refractivity (Wildman–Crippen MR) is 82.3 cm³/mol. The number of amides is 1. The third-order valence-corrected chi connectivity index (χ3v) is 4.43. The third-order valence-electron chi connectivity index (χ3n) is 3.40. The lowest BCUT2D eigenvalue weighted by molar-refractivity contribution is -0.148. The summed E-state index contributed by atoms with van der Waals surface area (Å²) >= 11 is 1.48. The molecule has 0 spiro atoms. The zero-order chi connectivity index (χ0) is 15.4. The van der Waals surface area contributed by atoms with Gasteiger partial charge in [0, 0.05) is 11.3 Å². The number of hydrogen-bond donors (Lipinski definition) is 1. The summed E-state index contributed by atoms with van der Waals surface area (Å²) in [5.74, 6) is 0.130.